The van der Waals surface area contributed by atoms with Crippen LogP contribution in [-0.4, -0.2) is 44.6 Å². The van der Waals surface area contributed by atoms with Gasteiger partial charge in [-0.25, -0.2) is 8.42 Å². The van der Waals surface area contributed by atoms with Gasteiger partial charge in [-0.15, -0.1) is 0 Å². The van der Waals surface area contributed by atoms with Gasteiger partial charge in [-0.3, -0.25) is 0 Å². The molecule has 1 aliphatic rings. The Labute approximate surface area is 138 Å². The molecule has 2 atom stereocenters. The van der Waals surface area contributed by atoms with Crippen molar-refractivity contribution in [3.05, 3.63) is 21.6 Å². The van der Waals surface area contributed by atoms with E-state index in [4.69, 9.17) is 16.3 Å². The van der Waals surface area contributed by atoms with Crippen LogP contribution in [0, 0.1) is 11.8 Å². The molecule has 1 aromatic rings. The standard InChI is InChI=1S/C13H17BrClNO4S/c1-8-5-16(6-9(8)7-17)21(18,19)12-4-10(15)3-11(14)13(12)20-2/h3-4,8-9,17H,5-7H2,1-2H3/t8-,9+/m1/s1. The highest BCUT2D eigenvalue weighted by Crippen LogP contribution is 2.38. The first kappa shape index (κ1) is 17.0. The molecule has 5 nitrogen and oxygen atoms in total. The Kier molecular flexibility index (Phi) is 5.20. The van der Waals surface area contributed by atoms with Gasteiger partial charge in [0.25, 0.3) is 0 Å². The fourth-order valence-electron chi connectivity index (χ4n) is 2.49. The predicted molar refractivity (Wildman–Crippen MR) is 84.2 cm³/mol. The summed E-state index contributed by atoms with van der Waals surface area (Å²) in [6.45, 7) is 2.58. The zero-order valence-corrected chi connectivity index (χ0v) is 14.9. The maximum atomic E-state index is 12.8. The van der Waals surface area contributed by atoms with Gasteiger partial charge in [0.2, 0.25) is 10.0 Å². The Balaban J connectivity index is 2.46. The van der Waals surface area contributed by atoms with Gasteiger partial charge in [0.15, 0.2) is 5.75 Å². The summed E-state index contributed by atoms with van der Waals surface area (Å²) in [4.78, 5) is 0.0372. The minimum Gasteiger partial charge on any atom is -0.494 e. The van der Waals surface area contributed by atoms with Crippen LogP contribution < -0.4 is 4.74 Å². The van der Waals surface area contributed by atoms with Crippen LogP contribution in [0.15, 0.2) is 21.5 Å². The first-order valence-corrected chi connectivity index (χ1v) is 9.06. The van der Waals surface area contributed by atoms with Crippen molar-refractivity contribution in [2.45, 2.75) is 11.8 Å². The van der Waals surface area contributed by atoms with Crippen molar-refractivity contribution in [1.29, 1.82) is 0 Å². The molecule has 0 aromatic heterocycles. The summed E-state index contributed by atoms with van der Waals surface area (Å²) >= 11 is 9.23. The van der Waals surface area contributed by atoms with E-state index in [1.165, 1.54) is 17.5 Å². The molecule has 0 radical (unpaired) electrons. The molecule has 0 spiro atoms. The molecule has 0 unspecified atom stereocenters. The number of aliphatic hydroxyl groups excluding tert-OH is 1. The van der Waals surface area contributed by atoms with Crippen LogP contribution in [0.2, 0.25) is 5.02 Å². The van der Waals surface area contributed by atoms with Crippen molar-refractivity contribution >= 4 is 37.6 Å². The van der Waals surface area contributed by atoms with Crippen molar-refractivity contribution < 1.29 is 18.3 Å². The quantitative estimate of drug-likeness (QED) is 0.845. The number of hydrogen-bond acceptors (Lipinski definition) is 4. The Hall–Kier alpha value is -0.340. The predicted octanol–water partition coefficient (Wildman–Crippen LogP) is 2.36. The highest BCUT2D eigenvalue weighted by molar-refractivity contribution is 9.10. The van der Waals surface area contributed by atoms with E-state index in [-0.39, 0.29) is 29.1 Å². The summed E-state index contributed by atoms with van der Waals surface area (Å²) in [5.41, 5.74) is 0. The SMILES string of the molecule is COc1c(Br)cc(Cl)cc1S(=O)(=O)N1C[C@@H](CO)[C@H](C)C1. The molecule has 1 N–H and O–H groups in total. The number of benzene rings is 1. The monoisotopic (exact) mass is 397 g/mol. The molecule has 21 heavy (non-hydrogen) atoms. The first-order chi connectivity index (χ1) is 9.81. The molecule has 0 amide bonds. The molecule has 1 aliphatic heterocycles. The van der Waals surface area contributed by atoms with Gasteiger partial charge >= 0.3 is 0 Å². The van der Waals surface area contributed by atoms with Gasteiger partial charge in [-0.05, 0) is 39.9 Å². The van der Waals surface area contributed by atoms with E-state index in [0.717, 1.165) is 0 Å². The van der Waals surface area contributed by atoms with Crippen LogP contribution >= 0.6 is 27.5 Å². The number of halogens is 2. The molecular weight excluding hydrogens is 382 g/mol. The lowest BCUT2D eigenvalue weighted by molar-refractivity contribution is 0.210. The highest BCUT2D eigenvalue weighted by atomic mass is 79.9. The van der Waals surface area contributed by atoms with Crippen LogP contribution in [0.1, 0.15) is 6.92 Å². The van der Waals surface area contributed by atoms with Gasteiger partial charge in [-0.1, -0.05) is 18.5 Å². The van der Waals surface area contributed by atoms with Crippen LogP contribution in [0.25, 0.3) is 0 Å². The average Bonchev–Trinajstić information content (AvgIpc) is 2.80. The van der Waals surface area contributed by atoms with Crippen LogP contribution in [0.4, 0.5) is 0 Å². The van der Waals surface area contributed by atoms with Gasteiger partial charge in [-0.2, -0.15) is 4.31 Å². The second-order valence-electron chi connectivity index (χ2n) is 5.16. The van der Waals surface area contributed by atoms with Gasteiger partial charge in [0.05, 0.1) is 11.6 Å². The molecule has 1 saturated heterocycles. The topological polar surface area (TPSA) is 66.8 Å². The number of aliphatic hydroxyl groups is 1. The van der Waals surface area contributed by atoms with E-state index >= 15 is 0 Å². The first-order valence-electron chi connectivity index (χ1n) is 6.45. The van der Waals surface area contributed by atoms with E-state index in [1.807, 2.05) is 6.92 Å². The Morgan fingerprint density at radius 3 is 2.67 bits per heavy atom. The Morgan fingerprint density at radius 1 is 1.48 bits per heavy atom. The zero-order chi connectivity index (χ0) is 15.8. The summed E-state index contributed by atoms with van der Waals surface area (Å²) in [5, 5.41) is 9.62. The molecule has 2 rings (SSSR count). The van der Waals surface area contributed by atoms with Crippen LogP contribution in [0.5, 0.6) is 5.75 Å². The summed E-state index contributed by atoms with van der Waals surface area (Å²) in [5.74, 6) is 0.297. The van der Waals surface area contributed by atoms with Crippen molar-refractivity contribution in [3.63, 3.8) is 0 Å². The number of methoxy groups -OCH3 is 1. The lowest BCUT2D eigenvalue weighted by Gasteiger charge is -2.19. The zero-order valence-electron chi connectivity index (χ0n) is 11.7. The molecule has 0 bridgehead atoms. The molecule has 8 heteroatoms. The molecular formula is C13H17BrClNO4S. The average molecular weight is 399 g/mol. The highest BCUT2D eigenvalue weighted by Gasteiger charge is 2.38. The van der Waals surface area contributed by atoms with Crippen molar-refractivity contribution in [3.8, 4) is 5.75 Å². The second-order valence-corrected chi connectivity index (χ2v) is 8.36. The van der Waals surface area contributed by atoms with Crippen molar-refractivity contribution in [2.24, 2.45) is 11.8 Å². The molecule has 1 heterocycles. The van der Waals surface area contributed by atoms with E-state index in [0.29, 0.717) is 22.6 Å². The molecule has 0 aliphatic carbocycles. The number of ether oxygens (including phenoxy) is 1. The number of sulfonamides is 1. The third-order valence-electron chi connectivity index (χ3n) is 3.77. The van der Waals surface area contributed by atoms with Crippen molar-refractivity contribution in [2.75, 3.05) is 26.8 Å². The number of nitrogens with zero attached hydrogens (tertiary/aromatic N) is 1. The summed E-state index contributed by atoms with van der Waals surface area (Å²) < 4.78 is 32.7. The summed E-state index contributed by atoms with van der Waals surface area (Å²) in [6.07, 6.45) is 0. The summed E-state index contributed by atoms with van der Waals surface area (Å²) in [6, 6.07) is 2.97. The smallest absolute Gasteiger partial charge is 0.246 e. The van der Waals surface area contributed by atoms with E-state index in [9.17, 15) is 13.5 Å². The molecule has 0 saturated carbocycles. The lowest BCUT2D eigenvalue weighted by Crippen LogP contribution is -2.29. The fraction of sp³-hybridized carbons (Fsp3) is 0.538. The molecule has 1 aromatic carbocycles. The fourth-order valence-corrected chi connectivity index (χ4v) is 5.45. The Morgan fingerprint density at radius 2 is 2.14 bits per heavy atom. The third kappa shape index (κ3) is 3.22. The van der Waals surface area contributed by atoms with E-state index in [2.05, 4.69) is 15.9 Å². The lowest BCUT2D eigenvalue weighted by atomic mass is 10.00. The maximum absolute atomic E-state index is 12.8. The van der Waals surface area contributed by atoms with E-state index in [1.54, 1.807) is 6.07 Å². The van der Waals surface area contributed by atoms with Gasteiger partial charge in [0, 0.05) is 24.7 Å². The van der Waals surface area contributed by atoms with Crippen LogP contribution in [-0.2, 0) is 10.0 Å². The minimum atomic E-state index is -3.72. The second kappa shape index (κ2) is 6.42. The van der Waals surface area contributed by atoms with Gasteiger partial charge < -0.3 is 9.84 Å². The number of rotatable bonds is 4. The Bertz CT molecular complexity index is 637. The third-order valence-corrected chi connectivity index (χ3v) is 6.41. The van der Waals surface area contributed by atoms with Gasteiger partial charge in [0.1, 0.15) is 4.90 Å². The van der Waals surface area contributed by atoms with Crippen molar-refractivity contribution in [1.82, 2.24) is 4.31 Å². The number of hydrogen-bond donors (Lipinski definition) is 1. The minimum absolute atomic E-state index is 0.0242. The summed E-state index contributed by atoms with van der Waals surface area (Å²) in [7, 11) is -2.31. The maximum Gasteiger partial charge on any atom is 0.246 e. The van der Waals surface area contributed by atoms with E-state index < -0.39 is 10.0 Å². The normalized spacial score (nSPS) is 23.5. The largest absolute Gasteiger partial charge is 0.494 e. The van der Waals surface area contributed by atoms with Crippen LogP contribution in [0.3, 0.4) is 0 Å². The molecule has 118 valence electrons. The molecule has 1 fully saturated rings.